The van der Waals surface area contributed by atoms with E-state index in [1.165, 1.54) is 0 Å². The molecule has 0 bridgehead atoms. The molecule has 0 amide bonds. The van der Waals surface area contributed by atoms with Gasteiger partial charge in [0.15, 0.2) is 11.6 Å². The number of hydrogen-bond donors (Lipinski definition) is 1. The highest BCUT2D eigenvalue weighted by Crippen LogP contribution is 1.96. The molecule has 0 spiro atoms. The fourth-order valence-corrected chi connectivity index (χ4v) is 0.469. The SMILES string of the molecule is Cc1nnc(C(C)N)nn1. The van der Waals surface area contributed by atoms with Gasteiger partial charge in [0, 0.05) is 0 Å². The van der Waals surface area contributed by atoms with E-state index in [1.54, 1.807) is 13.8 Å². The third-order valence-electron chi connectivity index (χ3n) is 1.00. The van der Waals surface area contributed by atoms with Gasteiger partial charge in [-0.3, -0.25) is 0 Å². The highest BCUT2D eigenvalue weighted by molar-refractivity contribution is 4.85. The molecule has 0 radical (unpaired) electrons. The van der Waals surface area contributed by atoms with Crippen molar-refractivity contribution in [3.8, 4) is 0 Å². The Balaban J connectivity index is 2.89. The number of hydrogen-bond acceptors (Lipinski definition) is 5. The van der Waals surface area contributed by atoms with Gasteiger partial charge in [-0.05, 0) is 13.8 Å². The van der Waals surface area contributed by atoms with Crippen LogP contribution in [0.1, 0.15) is 24.6 Å². The first-order valence-corrected chi connectivity index (χ1v) is 2.99. The number of aryl methyl sites for hydroxylation is 1. The summed E-state index contributed by atoms with van der Waals surface area (Å²) in [6.07, 6.45) is 0. The largest absolute Gasteiger partial charge is 0.321 e. The molecule has 5 heteroatoms. The lowest BCUT2D eigenvalue weighted by molar-refractivity contribution is 0.655. The van der Waals surface area contributed by atoms with Crippen molar-refractivity contribution in [1.82, 2.24) is 20.4 Å². The van der Waals surface area contributed by atoms with Gasteiger partial charge in [-0.25, -0.2) is 0 Å². The van der Waals surface area contributed by atoms with E-state index >= 15 is 0 Å². The molecule has 54 valence electrons. The van der Waals surface area contributed by atoms with Crippen LogP contribution in [0, 0.1) is 6.92 Å². The molecule has 5 nitrogen and oxygen atoms in total. The average Bonchev–Trinajstić information content (AvgIpc) is 1.88. The van der Waals surface area contributed by atoms with Gasteiger partial charge in [0.25, 0.3) is 0 Å². The number of nitrogens with two attached hydrogens (primary N) is 1. The molecule has 1 aromatic rings. The Labute approximate surface area is 58.7 Å². The van der Waals surface area contributed by atoms with Gasteiger partial charge in [-0.1, -0.05) is 0 Å². The maximum atomic E-state index is 5.46. The summed E-state index contributed by atoms with van der Waals surface area (Å²) in [5.74, 6) is 1.04. The molecule has 0 saturated heterocycles. The lowest BCUT2D eigenvalue weighted by Gasteiger charge is -1.98. The van der Waals surface area contributed by atoms with Crippen LogP contribution in [0.2, 0.25) is 0 Å². The minimum absolute atomic E-state index is 0.194. The van der Waals surface area contributed by atoms with E-state index in [4.69, 9.17) is 5.73 Å². The Hall–Kier alpha value is -1.10. The molecule has 1 atom stereocenters. The molecule has 10 heavy (non-hydrogen) atoms. The predicted octanol–water partition coefficient (Wildman–Crippen LogP) is -0.405. The molecular formula is C5H9N5. The van der Waals surface area contributed by atoms with Crippen molar-refractivity contribution >= 4 is 0 Å². The van der Waals surface area contributed by atoms with Crippen LogP contribution in [0.3, 0.4) is 0 Å². The summed E-state index contributed by atoms with van der Waals surface area (Å²) >= 11 is 0. The van der Waals surface area contributed by atoms with Crippen molar-refractivity contribution in [2.75, 3.05) is 0 Å². The average molecular weight is 139 g/mol. The Morgan fingerprint density at radius 3 is 2.10 bits per heavy atom. The number of nitrogens with zero attached hydrogens (tertiary/aromatic N) is 4. The van der Waals surface area contributed by atoms with Gasteiger partial charge < -0.3 is 5.73 Å². The second kappa shape index (κ2) is 2.66. The minimum atomic E-state index is -0.194. The van der Waals surface area contributed by atoms with Crippen LogP contribution in [-0.2, 0) is 0 Å². The van der Waals surface area contributed by atoms with Crippen LogP contribution in [0.15, 0.2) is 0 Å². The van der Waals surface area contributed by atoms with Crippen LogP contribution in [-0.4, -0.2) is 20.4 Å². The monoisotopic (exact) mass is 139 g/mol. The maximum absolute atomic E-state index is 5.46. The third kappa shape index (κ3) is 1.44. The molecule has 1 aromatic heterocycles. The Morgan fingerprint density at radius 2 is 1.70 bits per heavy atom. The summed E-state index contributed by atoms with van der Waals surface area (Å²) in [6, 6.07) is -0.194. The van der Waals surface area contributed by atoms with Crippen molar-refractivity contribution in [1.29, 1.82) is 0 Å². The van der Waals surface area contributed by atoms with Gasteiger partial charge in [-0.15, -0.1) is 20.4 Å². The van der Waals surface area contributed by atoms with E-state index in [2.05, 4.69) is 20.4 Å². The summed E-state index contributed by atoms with van der Waals surface area (Å²) in [7, 11) is 0. The van der Waals surface area contributed by atoms with Crippen molar-refractivity contribution in [3.63, 3.8) is 0 Å². The molecule has 0 fully saturated rings. The van der Waals surface area contributed by atoms with E-state index in [9.17, 15) is 0 Å². The fraction of sp³-hybridized carbons (Fsp3) is 0.600. The van der Waals surface area contributed by atoms with Gasteiger partial charge in [0.05, 0.1) is 6.04 Å². The molecule has 1 rings (SSSR count). The van der Waals surface area contributed by atoms with E-state index in [0.717, 1.165) is 0 Å². The topological polar surface area (TPSA) is 77.6 Å². The molecule has 1 unspecified atom stereocenters. The fourth-order valence-electron chi connectivity index (χ4n) is 0.469. The second-order valence-corrected chi connectivity index (χ2v) is 2.09. The van der Waals surface area contributed by atoms with E-state index < -0.39 is 0 Å². The summed E-state index contributed by atoms with van der Waals surface area (Å²) in [6.45, 7) is 3.51. The quantitative estimate of drug-likeness (QED) is 0.572. The summed E-state index contributed by atoms with van der Waals surface area (Å²) in [5, 5.41) is 14.9. The van der Waals surface area contributed by atoms with Crippen LogP contribution in [0.5, 0.6) is 0 Å². The molecule has 0 aliphatic heterocycles. The number of rotatable bonds is 1. The van der Waals surface area contributed by atoms with Gasteiger partial charge >= 0.3 is 0 Å². The van der Waals surface area contributed by atoms with Crippen molar-refractivity contribution < 1.29 is 0 Å². The van der Waals surface area contributed by atoms with E-state index in [1.807, 2.05) is 0 Å². The third-order valence-corrected chi connectivity index (χ3v) is 1.00. The molecule has 0 saturated carbocycles. The van der Waals surface area contributed by atoms with Gasteiger partial charge in [0.2, 0.25) is 0 Å². The highest BCUT2D eigenvalue weighted by Gasteiger charge is 2.02. The zero-order valence-electron chi connectivity index (χ0n) is 5.94. The Bertz CT molecular complexity index is 204. The first kappa shape index (κ1) is 7.01. The molecular weight excluding hydrogens is 130 g/mol. The maximum Gasteiger partial charge on any atom is 0.189 e. The molecule has 2 N–H and O–H groups in total. The first-order chi connectivity index (χ1) is 4.70. The summed E-state index contributed by atoms with van der Waals surface area (Å²) in [4.78, 5) is 0. The second-order valence-electron chi connectivity index (χ2n) is 2.09. The smallest absolute Gasteiger partial charge is 0.189 e. The predicted molar refractivity (Wildman–Crippen MR) is 35.0 cm³/mol. The molecule has 0 aromatic carbocycles. The first-order valence-electron chi connectivity index (χ1n) is 2.99. The van der Waals surface area contributed by atoms with Crippen LogP contribution < -0.4 is 5.73 Å². The van der Waals surface area contributed by atoms with E-state index in [-0.39, 0.29) is 6.04 Å². The van der Waals surface area contributed by atoms with E-state index in [0.29, 0.717) is 11.6 Å². The molecule has 0 aliphatic carbocycles. The zero-order valence-corrected chi connectivity index (χ0v) is 5.94. The lowest BCUT2D eigenvalue weighted by atomic mass is 10.3. The normalized spacial score (nSPS) is 13.1. The van der Waals surface area contributed by atoms with Gasteiger partial charge in [0.1, 0.15) is 0 Å². The van der Waals surface area contributed by atoms with Crippen LogP contribution >= 0.6 is 0 Å². The van der Waals surface area contributed by atoms with Crippen molar-refractivity contribution in [3.05, 3.63) is 11.6 Å². The summed E-state index contributed by atoms with van der Waals surface area (Å²) in [5.41, 5.74) is 5.46. The minimum Gasteiger partial charge on any atom is -0.321 e. The summed E-state index contributed by atoms with van der Waals surface area (Å²) < 4.78 is 0. The van der Waals surface area contributed by atoms with Crippen LogP contribution in [0.4, 0.5) is 0 Å². The van der Waals surface area contributed by atoms with Crippen molar-refractivity contribution in [2.45, 2.75) is 19.9 Å². The van der Waals surface area contributed by atoms with Gasteiger partial charge in [-0.2, -0.15) is 0 Å². The zero-order chi connectivity index (χ0) is 7.56. The molecule has 0 aliphatic rings. The van der Waals surface area contributed by atoms with Crippen LogP contribution in [0.25, 0.3) is 0 Å². The highest BCUT2D eigenvalue weighted by atomic mass is 15.3. The molecule has 1 heterocycles. The van der Waals surface area contributed by atoms with Crippen molar-refractivity contribution in [2.24, 2.45) is 5.73 Å². The number of aromatic nitrogens is 4. The Kier molecular flexibility index (Phi) is 1.86. The lowest BCUT2D eigenvalue weighted by Crippen LogP contribution is -2.12. The Morgan fingerprint density at radius 1 is 1.20 bits per heavy atom. The standard InChI is InChI=1S/C5H9N5/c1-3(6)5-9-7-4(2)8-10-5/h3H,6H2,1-2H3.